The van der Waals surface area contributed by atoms with E-state index in [2.05, 4.69) is 15.3 Å². The normalized spacial score (nSPS) is 22.2. The van der Waals surface area contributed by atoms with E-state index in [0.29, 0.717) is 16.8 Å². The third kappa shape index (κ3) is 2.86. The number of aryl methyl sites for hydroxylation is 2. The molecule has 0 spiro atoms. The predicted molar refractivity (Wildman–Crippen MR) is 63.8 cm³/mol. The zero-order chi connectivity index (χ0) is 11.5. The van der Waals surface area contributed by atoms with E-state index in [-0.39, 0.29) is 0 Å². The van der Waals surface area contributed by atoms with Crippen LogP contribution in [-0.2, 0) is 10.8 Å². The molecular formula is C11H17N3OS. The Morgan fingerprint density at radius 3 is 2.69 bits per heavy atom. The van der Waals surface area contributed by atoms with Crippen molar-refractivity contribution < 1.29 is 4.21 Å². The van der Waals surface area contributed by atoms with E-state index in [1.54, 1.807) is 0 Å². The smallest absolute Gasteiger partial charge is 0.218 e. The van der Waals surface area contributed by atoms with E-state index >= 15 is 0 Å². The summed E-state index contributed by atoms with van der Waals surface area (Å²) in [5.74, 6) is 1.18. The first-order valence-corrected chi connectivity index (χ1v) is 6.88. The van der Waals surface area contributed by atoms with Crippen molar-refractivity contribution in [3.8, 4) is 0 Å². The van der Waals surface area contributed by atoms with Gasteiger partial charge in [-0.15, -0.1) is 0 Å². The molecule has 4 nitrogen and oxygen atoms in total. The molecule has 1 aromatic heterocycles. The molecule has 2 heterocycles. The summed E-state index contributed by atoms with van der Waals surface area (Å²) in [7, 11) is -1.06. The molecule has 1 N–H and O–H groups in total. The van der Waals surface area contributed by atoms with Gasteiger partial charge >= 0.3 is 0 Å². The Kier molecular flexibility index (Phi) is 3.66. The molecule has 1 fully saturated rings. The lowest BCUT2D eigenvalue weighted by molar-refractivity contribution is 0.627. The van der Waals surface area contributed by atoms with Crippen molar-refractivity contribution >= 4 is 10.8 Å². The van der Waals surface area contributed by atoms with Crippen LogP contribution in [0, 0.1) is 19.8 Å². The highest BCUT2D eigenvalue weighted by atomic mass is 32.2. The average molecular weight is 239 g/mol. The summed E-state index contributed by atoms with van der Waals surface area (Å²) >= 11 is 0. The third-order valence-electron chi connectivity index (χ3n) is 2.71. The fourth-order valence-corrected chi connectivity index (χ4v) is 3.29. The fraction of sp³-hybridized carbons (Fsp3) is 0.636. The Bertz CT molecular complexity index is 382. The molecule has 1 aliphatic rings. The van der Waals surface area contributed by atoms with Crippen LogP contribution in [0.25, 0.3) is 0 Å². The van der Waals surface area contributed by atoms with Gasteiger partial charge in [0, 0.05) is 17.1 Å². The second kappa shape index (κ2) is 5.01. The zero-order valence-corrected chi connectivity index (χ0v) is 10.5. The Hall–Kier alpha value is -0.810. The Labute approximate surface area is 98.3 Å². The summed E-state index contributed by atoms with van der Waals surface area (Å²) in [4.78, 5) is 8.49. The lowest BCUT2D eigenvalue weighted by atomic mass is 10.2. The molecular weight excluding hydrogens is 222 g/mol. The van der Waals surface area contributed by atoms with Crippen molar-refractivity contribution in [3.63, 3.8) is 0 Å². The largest absolute Gasteiger partial charge is 0.316 e. The van der Waals surface area contributed by atoms with E-state index in [1.807, 2.05) is 19.9 Å². The molecule has 88 valence electrons. The van der Waals surface area contributed by atoms with Gasteiger partial charge in [0.1, 0.15) is 0 Å². The zero-order valence-electron chi connectivity index (χ0n) is 9.69. The van der Waals surface area contributed by atoms with Gasteiger partial charge in [-0.05, 0) is 45.3 Å². The van der Waals surface area contributed by atoms with Crippen molar-refractivity contribution in [1.82, 2.24) is 15.3 Å². The van der Waals surface area contributed by atoms with E-state index in [4.69, 9.17) is 0 Å². The van der Waals surface area contributed by atoms with Crippen LogP contribution in [0.15, 0.2) is 11.2 Å². The van der Waals surface area contributed by atoms with Crippen molar-refractivity contribution in [3.05, 3.63) is 17.5 Å². The molecule has 16 heavy (non-hydrogen) atoms. The molecule has 1 aromatic rings. The monoisotopic (exact) mass is 239 g/mol. The van der Waals surface area contributed by atoms with Crippen molar-refractivity contribution in [2.45, 2.75) is 25.4 Å². The minimum absolute atomic E-state index is 0.490. The molecule has 5 heteroatoms. The first kappa shape index (κ1) is 11.7. The van der Waals surface area contributed by atoms with Crippen molar-refractivity contribution in [2.24, 2.45) is 5.92 Å². The van der Waals surface area contributed by atoms with Crippen LogP contribution in [0.5, 0.6) is 0 Å². The first-order chi connectivity index (χ1) is 7.65. The first-order valence-electron chi connectivity index (χ1n) is 5.56. The van der Waals surface area contributed by atoms with Gasteiger partial charge in [-0.25, -0.2) is 9.97 Å². The molecule has 0 aromatic carbocycles. The van der Waals surface area contributed by atoms with Gasteiger partial charge in [0.2, 0.25) is 5.16 Å². The van der Waals surface area contributed by atoms with Gasteiger partial charge in [0.15, 0.2) is 0 Å². The molecule has 0 aliphatic carbocycles. The van der Waals surface area contributed by atoms with Gasteiger partial charge in [0.05, 0.1) is 10.8 Å². The van der Waals surface area contributed by atoms with Crippen LogP contribution in [-0.4, -0.2) is 33.0 Å². The number of nitrogens with zero attached hydrogens (tertiary/aromatic N) is 2. The Balaban J connectivity index is 2.07. The van der Waals surface area contributed by atoms with Crippen LogP contribution >= 0.6 is 0 Å². The predicted octanol–water partition coefficient (Wildman–Crippen LogP) is 0.811. The highest BCUT2D eigenvalue weighted by Crippen LogP contribution is 2.12. The number of hydrogen-bond donors (Lipinski definition) is 1. The number of rotatable bonds is 3. The van der Waals surface area contributed by atoms with Crippen LogP contribution in [0.3, 0.4) is 0 Å². The Morgan fingerprint density at radius 2 is 2.12 bits per heavy atom. The molecule has 0 radical (unpaired) electrons. The minimum Gasteiger partial charge on any atom is -0.316 e. The topological polar surface area (TPSA) is 54.9 Å². The van der Waals surface area contributed by atoms with Crippen LogP contribution in [0.1, 0.15) is 17.8 Å². The molecule has 0 unspecified atom stereocenters. The van der Waals surface area contributed by atoms with Gasteiger partial charge in [-0.2, -0.15) is 0 Å². The standard InChI is InChI=1S/C11H17N3OS/c1-8-5-9(2)14-11(13-8)16(15)7-10-3-4-12-6-10/h5,10,12H,3-4,6-7H2,1-2H3/t10-,16+/m0/s1. The van der Waals surface area contributed by atoms with Crippen molar-refractivity contribution in [2.75, 3.05) is 18.8 Å². The van der Waals surface area contributed by atoms with E-state index in [1.165, 1.54) is 0 Å². The van der Waals surface area contributed by atoms with Crippen LogP contribution in [0.2, 0.25) is 0 Å². The average Bonchev–Trinajstić information content (AvgIpc) is 2.68. The lowest BCUT2D eigenvalue weighted by Gasteiger charge is -2.07. The second-order valence-corrected chi connectivity index (χ2v) is 5.69. The summed E-state index contributed by atoms with van der Waals surface area (Å²) in [6.45, 7) is 5.82. The highest BCUT2D eigenvalue weighted by Gasteiger charge is 2.19. The summed E-state index contributed by atoms with van der Waals surface area (Å²) in [6.07, 6.45) is 1.11. The van der Waals surface area contributed by atoms with Gasteiger partial charge in [-0.3, -0.25) is 4.21 Å². The van der Waals surface area contributed by atoms with E-state index in [0.717, 1.165) is 30.9 Å². The molecule has 0 bridgehead atoms. The summed E-state index contributed by atoms with van der Waals surface area (Å²) in [6, 6.07) is 1.90. The van der Waals surface area contributed by atoms with Gasteiger partial charge < -0.3 is 5.32 Å². The maximum atomic E-state index is 12.1. The summed E-state index contributed by atoms with van der Waals surface area (Å²) < 4.78 is 12.1. The highest BCUT2D eigenvalue weighted by molar-refractivity contribution is 7.84. The summed E-state index contributed by atoms with van der Waals surface area (Å²) in [5.41, 5.74) is 1.78. The number of aromatic nitrogens is 2. The number of nitrogens with one attached hydrogen (secondary N) is 1. The Morgan fingerprint density at radius 1 is 1.44 bits per heavy atom. The van der Waals surface area contributed by atoms with E-state index < -0.39 is 10.8 Å². The minimum atomic E-state index is -1.06. The molecule has 2 rings (SSSR count). The molecule has 0 amide bonds. The maximum absolute atomic E-state index is 12.1. The molecule has 1 aliphatic heterocycles. The molecule has 0 saturated carbocycles. The van der Waals surface area contributed by atoms with Crippen molar-refractivity contribution in [1.29, 1.82) is 0 Å². The fourth-order valence-electron chi connectivity index (χ4n) is 1.94. The quantitative estimate of drug-likeness (QED) is 0.793. The van der Waals surface area contributed by atoms with Crippen LogP contribution < -0.4 is 5.32 Å². The van der Waals surface area contributed by atoms with Gasteiger partial charge in [0.25, 0.3) is 0 Å². The lowest BCUT2D eigenvalue weighted by Crippen LogP contribution is -2.16. The third-order valence-corrected chi connectivity index (χ3v) is 4.08. The molecule has 2 atom stereocenters. The SMILES string of the molecule is Cc1cc(C)nc([S@](=O)C[C@H]2CCNC2)n1. The maximum Gasteiger partial charge on any atom is 0.218 e. The van der Waals surface area contributed by atoms with Crippen LogP contribution in [0.4, 0.5) is 0 Å². The second-order valence-electron chi connectivity index (χ2n) is 4.30. The molecule has 1 saturated heterocycles. The van der Waals surface area contributed by atoms with Gasteiger partial charge in [-0.1, -0.05) is 0 Å². The summed E-state index contributed by atoms with van der Waals surface area (Å²) in [5, 5.41) is 3.77. The number of hydrogen-bond acceptors (Lipinski definition) is 4. The van der Waals surface area contributed by atoms with E-state index in [9.17, 15) is 4.21 Å².